The van der Waals surface area contributed by atoms with Crippen molar-refractivity contribution in [2.75, 3.05) is 5.32 Å². The van der Waals surface area contributed by atoms with Crippen molar-refractivity contribution in [1.29, 1.82) is 0 Å². The minimum Gasteiger partial charge on any atom is -0.346 e. The highest BCUT2D eigenvalue weighted by molar-refractivity contribution is 7.98. The fraction of sp³-hybridized carbons (Fsp3) is 0.150. The number of rotatable bonds is 5. The molecule has 3 aromatic rings. The third-order valence-electron chi connectivity index (χ3n) is 3.81. The Labute approximate surface area is 167 Å². The number of nitrogens with one attached hydrogen (secondary N) is 1. The molecule has 0 saturated heterocycles. The molecule has 0 saturated carbocycles. The van der Waals surface area contributed by atoms with Crippen LogP contribution in [0.15, 0.2) is 58.8 Å². The van der Waals surface area contributed by atoms with Crippen LogP contribution in [-0.2, 0) is 5.75 Å². The van der Waals surface area contributed by atoms with Crippen molar-refractivity contribution in [3.05, 3.63) is 80.5 Å². The van der Waals surface area contributed by atoms with Crippen LogP contribution in [0, 0.1) is 13.8 Å². The van der Waals surface area contributed by atoms with Gasteiger partial charge in [-0.1, -0.05) is 53.6 Å². The van der Waals surface area contributed by atoms with Crippen molar-refractivity contribution in [3.8, 4) is 0 Å². The summed E-state index contributed by atoms with van der Waals surface area (Å²) in [6, 6.07) is 16.6. The van der Waals surface area contributed by atoms with E-state index < -0.39 is 0 Å². The van der Waals surface area contributed by atoms with Crippen LogP contribution in [0.2, 0.25) is 5.02 Å². The Hall–Kier alpha value is -1.33. The predicted octanol–water partition coefficient (Wildman–Crippen LogP) is 7.10. The molecule has 1 nitrogen and oxygen atoms in total. The summed E-state index contributed by atoms with van der Waals surface area (Å²) < 4.78 is 0. The molecule has 1 heterocycles. The summed E-state index contributed by atoms with van der Waals surface area (Å²) in [4.78, 5) is 3.02. The van der Waals surface area contributed by atoms with Gasteiger partial charge in [-0.2, -0.15) is 0 Å². The second-order valence-corrected chi connectivity index (χ2v) is 8.72. The van der Waals surface area contributed by atoms with Gasteiger partial charge in [0.1, 0.15) is 4.99 Å². The molecule has 25 heavy (non-hydrogen) atoms. The highest BCUT2D eigenvalue weighted by Gasteiger charge is 2.09. The minimum atomic E-state index is 0.746. The van der Waals surface area contributed by atoms with Gasteiger partial charge in [-0.15, -0.1) is 23.1 Å². The number of anilines is 1. The van der Waals surface area contributed by atoms with Crippen molar-refractivity contribution in [1.82, 2.24) is 0 Å². The molecular formula is C20H18ClNS3. The zero-order valence-corrected chi connectivity index (χ0v) is 17.2. The SMILES string of the molecule is Cc1ccc(CSc2cc(NC(=S)c3ccsc3C)ccc2Cl)cc1. The Morgan fingerprint density at radius 1 is 1.12 bits per heavy atom. The first-order valence-corrected chi connectivity index (χ1v) is 10.5. The standard InChI is InChI=1S/C20H18ClNS3/c1-13-3-5-15(6-4-13)12-25-19-11-16(7-8-18(19)21)22-20(23)17-9-10-24-14(17)2/h3-11H,12H2,1-2H3,(H,22,23). The quantitative estimate of drug-likeness (QED) is 0.360. The molecule has 0 bridgehead atoms. The average molecular weight is 404 g/mol. The van der Waals surface area contributed by atoms with Gasteiger partial charge in [-0.05, 0) is 49.1 Å². The molecule has 1 N–H and O–H groups in total. The molecule has 0 aliphatic carbocycles. The van der Waals surface area contributed by atoms with E-state index in [2.05, 4.69) is 60.9 Å². The Morgan fingerprint density at radius 3 is 2.56 bits per heavy atom. The van der Waals surface area contributed by atoms with Crippen molar-refractivity contribution in [2.24, 2.45) is 0 Å². The van der Waals surface area contributed by atoms with Gasteiger partial charge in [0.25, 0.3) is 0 Å². The normalized spacial score (nSPS) is 10.7. The lowest BCUT2D eigenvalue weighted by Gasteiger charge is -2.11. The largest absolute Gasteiger partial charge is 0.346 e. The minimum absolute atomic E-state index is 0.746. The van der Waals surface area contributed by atoms with Crippen LogP contribution in [0.1, 0.15) is 21.6 Å². The molecule has 0 fully saturated rings. The third-order valence-corrected chi connectivity index (χ3v) is 6.54. The summed E-state index contributed by atoms with van der Waals surface area (Å²) in [6.45, 7) is 4.18. The molecule has 5 heteroatoms. The van der Waals surface area contributed by atoms with Crippen molar-refractivity contribution < 1.29 is 0 Å². The second-order valence-electron chi connectivity index (χ2n) is 5.76. The predicted molar refractivity (Wildman–Crippen MR) is 117 cm³/mol. The number of thioether (sulfide) groups is 1. The summed E-state index contributed by atoms with van der Waals surface area (Å²) >= 11 is 15.3. The van der Waals surface area contributed by atoms with E-state index in [4.69, 9.17) is 23.8 Å². The molecular weight excluding hydrogens is 386 g/mol. The number of benzene rings is 2. The lowest BCUT2D eigenvalue weighted by atomic mass is 10.2. The summed E-state index contributed by atoms with van der Waals surface area (Å²) in [6.07, 6.45) is 0. The highest BCUT2D eigenvalue weighted by atomic mass is 35.5. The monoisotopic (exact) mass is 403 g/mol. The number of thiocarbonyl (C=S) groups is 1. The zero-order chi connectivity index (χ0) is 17.8. The average Bonchev–Trinajstić information content (AvgIpc) is 3.03. The first kappa shape index (κ1) is 18.5. The van der Waals surface area contributed by atoms with Crippen LogP contribution in [-0.4, -0.2) is 4.99 Å². The number of aryl methyl sites for hydroxylation is 2. The van der Waals surface area contributed by atoms with E-state index in [-0.39, 0.29) is 0 Å². The summed E-state index contributed by atoms with van der Waals surface area (Å²) in [7, 11) is 0. The summed E-state index contributed by atoms with van der Waals surface area (Å²) in [5.74, 6) is 0.886. The molecule has 0 aliphatic rings. The molecule has 0 unspecified atom stereocenters. The van der Waals surface area contributed by atoms with Gasteiger partial charge in [0.2, 0.25) is 0 Å². The van der Waals surface area contributed by atoms with Crippen molar-refractivity contribution in [2.45, 2.75) is 24.5 Å². The second kappa shape index (κ2) is 8.37. The van der Waals surface area contributed by atoms with Gasteiger partial charge in [0.15, 0.2) is 0 Å². The number of thiophene rings is 1. The lowest BCUT2D eigenvalue weighted by molar-refractivity contribution is 1.35. The molecule has 0 atom stereocenters. The Bertz CT molecular complexity index is 884. The lowest BCUT2D eigenvalue weighted by Crippen LogP contribution is -2.10. The fourth-order valence-corrected chi connectivity index (χ4v) is 4.68. The van der Waals surface area contributed by atoms with Crippen molar-refractivity contribution in [3.63, 3.8) is 0 Å². The number of hydrogen-bond acceptors (Lipinski definition) is 3. The van der Waals surface area contributed by atoms with Crippen LogP contribution < -0.4 is 5.32 Å². The van der Waals surface area contributed by atoms with E-state index in [9.17, 15) is 0 Å². The van der Waals surface area contributed by atoms with Gasteiger partial charge in [0.05, 0.1) is 5.02 Å². The molecule has 3 rings (SSSR count). The zero-order valence-electron chi connectivity index (χ0n) is 14.0. The molecule has 0 amide bonds. The molecule has 1 aromatic heterocycles. The van der Waals surface area contributed by atoms with Crippen molar-refractivity contribution >= 4 is 57.6 Å². The van der Waals surface area contributed by atoms with Crippen LogP contribution in [0.3, 0.4) is 0 Å². The molecule has 0 spiro atoms. The van der Waals surface area contributed by atoms with Gasteiger partial charge < -0.3 is 5.32 Å². The van der Waals surface area contributed by atoms with Gasteiger partial charge >= 0.3 is 0 Å². The van der Waals surface area contributed by atoms with E-state index in [1.165, 1.54) is 16.0 Å². The van der Waals surface area contributed by atoms with E-state index in [1.807, 2.05) is 12.1 Å². The molecule has 0 aliphatic heterocycles. The number of hydrogen-bond donors (Lipinski definition) is 1. The maximum absolute atomic E-state index is 6.37. The smallest absolute Gasteiger partial charge is 0.112 e. The summed E-state index contributed by atoms with van der Waals surface area (Å²) in [5, 5.41) is 6.15. The molecule has 2 aromatic carbocycles. The third kappa shape index (κ3) is 4.85. The first-order chi connectivity index (χ1) is 12.0. The fourth-order valence-electron chi connectivity index (χ4n) is 2.36. The van der Waals surface area contributed by atoms with E-state index in [0.717, 1.165) is 31.9 Å². The maximum Gasteiger partial charge on any atom is 0.112 e. The van der Waals surface area contributed by atoms with Crippen LogP contribution in [0.25, 0.3) is 0 Å². The topological polar surface area (TPSA) is 12.0 Å². The first-order valence-electron chi connectivity index (χ1n) is 7.86. The van der Waals surface area contributed by atoms with Crippen LogP contribution in [0.4, 0.5) is 5.69 Å². The maximum atomic E-state index is 6.37. The van der Waals surface area contributed by atoms with Gasteiger partial charge in [0, 0.05) is 26.8 Å². The van der Waals surface area contributed by atoms with E-state index >= 15 is 0 Å². The van der Waals surface area contributed by atoms with Gasteiger partial charge in [-0.25, -0.2) is 0 Å². The Balaban J connectivity index is 1.70. The van der Waals surface area contributed by atoms with E-state index in [1.54, 1.807) is 23.1 Å². The Kier molecular flexibility index (Phi) is 6.18. The summed E-state index contributed by atoms with van der Waals surface area (Å²) in [5.41, 5.74) is 4.61. The Morgan fingerprint density at radius 2 is 1.88 bits per heavy atom. The molecule has 128 valence electrons. The van der Waals surface area contributed by atoms with E-state index in [0.29, 0.717) is 0 Å². The van der Waals surface area contributed by atoms with Gasteiger partial charge in [-0.3, -0.25) is 0 Å². The highest BCUT2D eigenvalue weighted by Crippen LogP contribution is 2.32. The number of halogens is 1. The van der Waals surface area contributed by atoms with Crippen LogP contribution in [0.5, 0.6) is 0 Å². The van der Waals surface area contributed by atoms with Crippen LogP contribution >= 0.6 is 46.9 Å². The molecule has 0 radical (unpaired) electrons.